The first kappa shape index (κ1) is 13.9. The highest BCUT2D eigenvalue weighted by molar-refractivity contribution is 5.96. The highest BCUT2D eigenvalue weighted by atomic mass is 17.2. The summed E-state index contributed by atoms with van der Waals surface area (Å²) in [7, 11) is 0. The maximum Gasteiger partial charge on any atom is 0.191 e. The van der Waals surface area contributed by atoms with Crippen molar-refractivity contribution in [3.05, 3.63) is 35.9 Å². The van der Waals surface area contributed by atoms with Gasteiger partial charge >= 0.3 is 0 Å². The van der Waals surface area contributed by atoms with Crippen LogP contribution in [0.1, 0.15) is 43.0 Å². The van der Waals surface area contributed by atoms with E-state index < -0.39 is 0 Å². The zero-order valence-corrected chi connectivity index (χ0v) is 10.4. The van der Waals surface area contributed by atoms with Gasteiger partial charge in [-0.15, -0.1) is 0 Å². The van der Waals surface area contributed by atoms with E-state index >= 15 is 0 Å². The highest BCUT2D eigenvalue weighted by Gasteiger charge is 2.04. The van der Waals surface area contributed by atoms with Gasteiger partial charge in [0.15, 0.2) is 5.78 Å². The quantitative estimate of drug-likeness (QED) is 0.285. The molecular formula is C14H20O3. The zero-order chi connectivity index (χ0) is 12.3. The van der Waals surface area contributed by atoms with Crippen LogP contribution in [0.5, 0.6) is 0 Å². The molecule has 0 saturated carbocycles. The number of unbranched alkanes of at least 4 members (excludes halogenated alkanes) is 3. The fourth-order valence-electron chi connectivity index (χ4n) is 1.45. The van der Waals surface area contributed by atoms with Crippen molar-refractivity contribution in [2.24, 2.45) is 0 Å². The van der Waals surface area contributed by atoms with Crippen molar-refractivity contribution >= 4 is 5.78 Å². The summed E-state index contributed by atoms with van der Waals surface area (Å²) in [6.45, 7) is 2.70. The minimum atomic E-state index is -0.0563. The van der Waals surface area contributed by atoms with E-state index in [1.165, 1.54) is 12.8 Å². The van der Waals surface area contributed by atoms with Gasteiger partial charge < -0.3 is 0 Å². The van der Waals surface area contributed by atoms with Crippen molar-refractivity contribution in [3.8, 4) is 0 Å². The van der Waals surface area contributed by atoms with Crippen LogP contribution in [0.2, 0.25) is 0 Å². The first-order chi connectivity index (χ1) is 8.34. The van der Waals surface area contributed by atoms with Crippen molar-refractivity contribution < 1.29 is 14.6 Å². The minimum Gasteiger partial charge on any atom is -0.291 e. The Balaban J connectivity index is 2.05. The Kier molecular flexibility index (Phi) is 7.27. The molecule has 0 unspecified atom stereocenters. The number of hydrogen-bond acceptors (Lipinski definition) is 3. The summed E-state index contributed by atoms with van der Waals surface area (Å²) in [6.07, 6.45) is 4.54. The SMILES string of the molecule is CCCCCCOOCC(=O)c1ccccc1. The molecule has 1 aromatic rings. The van der Waals surface area contributed by atoms with Crippen LogP contribution in [0.3, 0.4) is 0 Å². The summed E-state index contributed by atoms with van der Waals surface area (Å²) < 4.78 is 0. The van der Waals surface area contributed by atoms with Gasteiger partial charge in [-0.2, -0.15) is 0 Å². The van der Waals surface area contributed by atoms with Crippen LogP contribution < -0.4 is 0 Å². The summed E-state index contributed by atoms with van der Waals surface area (Å²) in [5.74, 6) is -0.0563. The molecule has 0 N–H and O–H groups in total. The first-order valence-electron chi connectivity index (χ1n) is 6.17. The highest BCUT2D eigenvalue weighted by Crippen LogP contribution is 2.02. The number of Topliss-reactive ketones (excluding diaryl/α,β-unsaturated/α-hetero) is 1. The Morgan fingerprint density at radius 1 is 1.06 bits per heavy atom. The monoisotopic (exact) mass is 236 g/mol. The average molecular weight is 236 g/mol. The molecule has 0 spiro atoms. The third-order valence-electron chi connectivity index (χ3n) is 2.45. The minimum absolute atomic E-state index is 0.0161. The molecule has 0 heterocycles. The first-order valence-corrected chi connectivity index (χ1v) is 6.17. The van der Waals surface area contributed by atoms with Crippen molar-refractivity contribution in [1.29, 1.82) is 0 Å². The number of ketones is 1. The van der Waals surface area contributed by atoms with E-state index in [0.29, 0.717) is 12.2 Å². The third-order valence-corrected chi connectivity index (χ3v) is 2.45. The van der Waals surface area contributed by atoms with Gasteiger partial charge in [0, 0.05) is 5.56 Å². The van der Waals surface area contributed by atoms with Crippen LogP contribution >= 0.6 is 0 Å². The molecule has 0 aromatic heterocycles. The van der Waals surface area contributed by atoms with E-state index in [4.69, 9.17) is 9.78 Å². The van der Waals surface area contributed by atoms with Crippen LogP contribution in [-0.4, -0.2) is 19.0 Å². The topological polar surface area (TPSA) is 35.5 Å². The number of carbonyl (C=O) groups is 1. The summed E-state index contributed by atoms with van der Waals surface area (Å²) in [4.78, 5) is 21.4. The van der Waals surface area contributed by atoms with E-state index in [-0.39, 0.29) is 12.4 Å². The lowest BCUT2D eigenvalue weighted by atomic mass is 10.1. The van der Waals surface area contributed by atoms with Crippen molar-refractivity contribution in [1.82, 2.24) is 0 Å². The van der Waals surface area contributed by atoms with Gasteiger partial charge in [-0.05, 0) is 6.42 Å². The number of rotatable bonds is 9. The van der Waals surface area contributed by atoms with Crippen LogP contribution in [0, 0.1) is 0 Å². The molecule has 0 fully saturated rings. The number of benzene rings is 1. The summed E-state index contributed by atoms with van der Waals surface area (Å²) in [5, 5.41) is 0. The molecule has 0 atom stereocenters. The summed E-state index contributed by atoms with van der Waals surface area (Å²) in [6, 6.07) is 9.08. The van der Waals surface area contributed by atoms with Crippen molar-refractivity contribution in [2.75, 3.05) is 13.2 Å². The zero-order valence-electron chi connectivity index (χ0n) is 10.4. The van der Waals surface area contributed by atoms with E-state index in [2.05, 4.69) is 6.92 Å². The van der Waals surface area contributed by atoms with Crippen molar-refractivity contribution in [2.45, 2.75) is 32.6 Å². The lowest BCUT2D eigenvalue weighted by Gasteiger charge is -2.03. The summed E-state index contributed by atoms with van der Waals surface area (Å²) >= 11 is 0. The van der Waals surface area contributed by atoms with Gasteiger partial charge in [0.2, 0.25) is 0 Å². The molecule has 0 aliphatic heterocycles. The standard InChI is InChI=1S/C14H20O3/c1-2-3-4-8-11-16-17-12-14(15)13-9-6-5-7-10-13/h5-7,9-10H,2-4,8,11-12H2,1H3. The predicted octanol–water partition coefficient (Wildman–Crippen LogP) is 3.40. The molecule has 3 heteroatoms. The van der Waals surface area contributed by atoms with Gasteiger partial charge in [0.1, 0.15) is 6.61 Å². The van der Waals surface area contributed by atoms with Crippen LogP contribution in [0.25, 0.3) is 0 Å². The molecule has 0 amide bonds. The molecule has 1 rings (SSSR count). The largest absolute Gasteiger partial charge is 0.291 e. The second-order valence-electron chi connectivity index (χ2n) is 3.93. The van der Waals surface area contributed by atoms with Gasteiger partial charge in [-0.25, -0.2) is 9.78 Å². The maximum atomic E-state index is 11.6. The van der Waals surface area contributed by atoms with Gasteiger partial charge in [-0.3, -0.25) is 4.79 Å². The van der Waals surface area contributed by atoms with E-state index in [9.17, 15) is 4.79 Å². The molecule has 1 aromatic carbocycles. The summed E-state index contributed by atoms with van der Waals surface area (Å²) in [5.41, 5.74) is 0.655. The van der Waals surface area contributed by atoms with E-state index in [0.717, 1.165) is 12.8 Å². The van der Waals surface area contributed by atoms with Gasteiger partial charge in [0.25, 0.3) is 0 Å². The molecule has 0 aliphatic carbocycles. The number of hydrogen-bond donors (Lipinski definition) is 0. The van der Waals surface area contributed by atoms with Crippen LogP contribution in [0.15, 0.2) is 30.3 Å². The van der Waals surface area contributed by atoms with Gasteiger partial charge in [0.05, 0.1) is 6.61 Å². The fourth-order valence-corrected chi connectivity index (χ4v) is 1.45. The average Bonchev–Trinajstić information content (AvgIpc) is 2.38. The Bertz CT molecular complexity index is 309. The Labute approximate surface area is 103 Å². The second kappa shape index (κ2) is 8.90. The lowest BCUT2D eigenvalue weighted by molar-refractivity contribution is -0.285. The fraction of sp³-hybridized carbons (Fsp3) is 0.500. The molecule has 94 valence electrons. The Hall–Kier alpha value is -1.19. The molecule has 17 heavy (non-hydrogen) atoms. The number of carbonyl (C=O) groups excluding carboxylic acids is 1. The molecular weight excluding hydrogens is 216 g/mol. The smallest absolute Gasteiger partial charge is 0.191 e. The molecule has 0 aliphatic rings. The molecule has 3 nitrogen and oxygen atoms in total. The van der Waals surface area contributed by atoms with E-state index in [1.54, 1.807) is 12.1 Å². The molecule has 0 saturated heterocycles. The Morgan fingerprint density at radius 2 is 1.82 bits per heavy atom. The van der Waals surface area contributed by atoms with Gasteiger partial charge in [-0.1, -0.05) is 56.5 Å². The Morgan fingerprint density at radius 3 is 2.53 bits per heavy atom. The maximum absolute atomic E-state index is 11.6. The third kappa shape index (κ3) is 6.19. The van der Waals surface area contributed by atoms with Crippen LogP contribution in [-0.2, 0) is 9.78 Å². The van der Waals surface area contributed by atoms with Crippen LogP contribution in [0.4, 0.5) is 0 Å². The second-order valence-corrected chi connectivity index (χ2v) is 3.93. The lowest BCUT2D eigenvalue weighted by Crippen LogP contribution is -2.09. The molecule has 0 bridgehead atoms. The molecule has 0 radical (unpaired) electrons. The van der Waals surface area contributed by atoms with E-state index in [1.807, 2.05) is 18.2 Å². The van der Waals surface area contributed by atoms with Crippen molar-refractivity contribution in [3.63, 3.8) is 0 Å². The predicted molar refractivity (Wildman–Crippen MR) is 66.8 cm³/mol. The normalized spacial score (nSPS) is 10.4.